The van der Waals surface area contributed by atoms with Crippen molar-refractivity contribution in [3.8, 4) is 0 Å². The molecule has 0 amide bonds. The van der Waals surface area contributed by atoms with Gasteiger partial charge >= 0.3 is 0 Å². The predicted octanol–water partition coefficient (Wildman–Crippen LogP) is 2.57. The Morgan fingerprint density at radius 3 is 2.58 bits per heavy atom. The number of carbonyl (C=O) groups is 1. The lowest BCUT2D eigenvalue weighted by molar-refractivity contribution is -0.114. The van der Waals surface area contributed by atoms with E-state index in [0.717, 1.165) is 19.1 Å². The zero-order valence-corrected chi connectivity index (χ0v) is 7.89. The normalized spacial score (nSPS) is 43.5. The Labute approximate surface area is 73.8 Å². The van der Waals surface area contributed by atoms with Crippen molar-refractivity contribution >= 4 is 6.29 Å². The average Bonchev–Trinajstić information content (AvgIpc) is 2.53. The van der Waals surface area contributed by atoms with Crippen LogP contribution in [-0.4, -0.2) is 6.29 Å². The van der Waals surface area contributed by atoms with Crippen LogP contribution in [0, 0.1) is 16.7 Å². The number of aldehydes is 1. The monoisotopic (exact) mass is 164 g/mol. The van der Waals surface area contributed by atoms with E-state index in [-0.39, 0.29) is 10.8 Å². The smallest absolute Gasteiger partial charge is 0.130 e. The van der Waals surface area contributed by atoms with Crippen LogP contribution in [0.4, 0.5) is 0 Å². The molecule has 0 heterocycles. The topological polar surface area (TPSA) is 17.1 Å². The minimum Gasteiger partial charge on any atom is -0.302 e. The maximum absolute atomic E-state index is 11.0. The van der Waals surface area contributed by atoms with Crippen molar-refractivity contribution < 1.29 is 4.79 Å². The van der Waals surface area contributed by atoms with Crippen LogP contribution in [0.1, 0.15) is 33.1 Å². The van der Waals surface area contributed by atoms with E-state index in [1.165, 1.54) is 12.0 Å². The van der Waals surface area contributed by atoms with Gasteiger partial charge in [-0.3, -0.25) is 0 Å². The van der Waals surface area contributed by atoms with Crippen LogP contribution >= 0.6 is 0 Å². The second-order valence-electron chi connectivity index (χ2n) is 4.91. The quantitative estimate of drug-likeness (QED) is 0.430. The van der Waals surface area contributed by atoms with Gasteiger partial charge in [0.1, 0.15) is 6.29 Å². The first-order chi connectivity index (χ1) is 5.53. The van der Waals surface area contributed by atoms with Gasteiger partial charge in [-0.1, -0.05) is 26.0 Å². The molecular weight excluding hydrogens is 148 g/mol. The summed E-state index contributed by atoms with van der Waals surface area (Å²) in [7, 11) is 0. The minimum atomic E-state index is -0.131. The molecule has 2 rings (SSSR count). The predicted molar refractivity (Wildman–Crippen MR) is 48.8 cm³/mol. The van der Waals surface area contributed by atoms with E-state index in [1.807, 2.05) is 0 Å². The molecule has 2 bridgehead atoms. The van der Waals surface area contributed by atoms with Crippen molar-refractivity contribution in [2.75, 3.05) is 0 Å². The summed E-state index contributed by atoms with van der Waals surface area (Å²) in [5.41, 5.74) is 1.26. The number of hydrogen-bond acceptors (Lipinski definition) is 1. The van der Waals surface area contributed by atoms with Gasteiger partial charge in [0, 0.05) is 5.41 Å². The lowest BCUT2D eigenvalue weighted by Gasteiger charge is -2.35. The summed E-state index contributed by atoms with van der Waals surface area (Å²) in [6, 6.07) is 0. The van der Waals surface area contributed by atoms with Gasteiger partial charge in [0.05, 0.1) is 0 Å². The maximum atomic E-state index is 11.0. The number of carbonyl (C=O) groups excluding carboxylic acids is 1. The van der Waals surface area contributed by atoms with Gasteiger partial charge in [0.25, 0.3) is 0 Å². The van der Waals surface area contributed by atoms with Gasteiger partial charge in [-0.2, -0.15) is 0 Å². The standard InChI is InChI=1S/C11H16O/c1-8-10(2,3)9-4-5-11(8,6-9)7-12/h7,9H,1,4-6H2,2-3H3/t9-,11+/m1/s1. The molecule has 0 spiro atoms. The molecule has 0 radical (unpaired) electrons. The zero-order valence-electron chi connectivity index (χ0n) is 7.89. The SMILES string of the molecule is C=C1C(C)(C)[C@@H]2CC[C@@]1(C=O)C2. The highest BCUT2D eigenvalue weighted by molar-refractivity contribution is 5.68. The van der Waals surface area contributed by atoms with Gasteiger partial charge in [-0.15, -0.1) is 0 Å². The summed E-state index contributed by atoms with van der Waals surface area (Å²) >= 11 is 0. The molecule has 1 nitrogen and oxygen atoms in total. The summed E-state index contributed by atoms with van der Waals surface area (Å²) < 4.78 is 0. The van der Waals surface area contributed by atoms with Crippen LogP contribution in [0.15, 0.2) is 12.2 Å². The molecule has 12 heavy (non-hydrogen) atoms. The van der Waals surface area contributed by atoms with E-state index in [1.54, 1.807) is 0 Å². The van der Waals surface area contributed by atoms with E-state index >= 15 is 0 Å². The second kappa shape index (κ2) is 2.01. The maximum Gasteiger partial charge on any atom is 0.130 e. The summed E-state index contributed by atoms with van der Waals surface area (Å²) in [5.74, 6) is 0.704. The molecule has 0 aliphatic heterocycles. The summed E-state index contributed by atoms with van der Waals surface area (Å²) in [6.07, 6.45) is 4.46. The number of allylic oxidation sites excluding steroid dienone is 1. The Kier molecular flexibility index (Phi) is 1.35. The van der Waals surface area contributed by atoms with Crippen molar-refractivity contribution in [3.63, 3.8) is 0 Å². The van der Waals surface area contributed by atoms with E-state index in [2.05, 4.69) is 20.4 Å². The number of fused-ring (bicyclic) bond motifs is 2. The van der Waals surface area contributed by atoms with Gasteiger partial charge in [0.15, 0.2) is 0 Å². The highest BCUT2D eigenvalue weighted by Crippen LogP contribution is 2.64. The molecule has 0 N–H and O–H groups in total. The van der Waals surface area contributed by atoms with Gasteiger partial charge in [0.2, 0.25) is 0 Å². The van der Waals surface area contributed by atoms with E-state index in [9.17, 15) is 4.79 Å². The second-order valence-corrected chi connectivity index (χ2v) is 4.91. The molecule has 2 fully saturated rings. The first kappa shape index (κ1) is 8.03. The third-order valence-corrected chi connectivity index (χ3v) is 4.17. The van der Waals surface area contributed by atoms with Crippen molar-refractivity contribution in [2.24, 2.45) is 16.7 Å². The van der Waals surface area contributed by atoms with Crippen LogP contribution in [-0.2, 0) is 4.79 Å². The fourth-order valence-electron chi connectivity index (χ4n) is 3.03. The Balaban J connectivity index is 2.44. The minimum absolute atomic E-state index is 0.131. The molecule has 0 saturated heterocycles. The molecule has 66 valence electrons. The van der Waals surface area contributed by atoms with E-state index in [0.29, 0.717) is 5.92 Å². The van der Waals surface area contributed by atoms with Gasteiger partial charge in [-0.25, -0.2) is 0 Å². The molecule has 0 aromatic rings. The molecule has 1 heteroatoms. The Morgan fingerprint density at radius 1 is 1.58 bits per heavy atom. The molecule has 0 unspecified atom stereocenters. The van der Waals surface area contributed by atoms with Gasteiger partial charge in [-0.05, 0) is 30.6 Å². The van der Waals surface area contributed by atoms with E-state index in [4.69, 9.17) is 0 Å². The number of rotatable bonds is 1. The Bertz CT molecular complexity index is 252. The third kappa shape index (κ3) is 0.675. The van der Waals surface area contributed by atoms with E-state index < -0.39 is 0 Å². The lowest BCUT2D eigenvalue weighted by Crippen LogP contribution is -2.28. The average molecular weight is 164 g/mol. The largest absolute Gasteiger partial charge is 0.302 e. The van der Waals surface area contributed by atoms with Crippen LogP contribution in [0.3, 0.4) is 0 Å². The molecule has 2 aliphatic carbocycles. The van der Waals surface area contributed by atoms with Crippen molar-refractivity contribution in [2.45, 2.75) is 33.1 Å². The highest BCUT2D eigenvalue weighted by Gasteiger charge is 2.57. The molecular formula is C11H16O. The summed E-state index contributed by atoms with van der Waals surface area (Å²) in [5, 5.41) is 0. The van der Waals surface area contributed by atoms with Gasteiger partial charge < -0.3 is 4.79 Å². The van der Waals surface area contributed by atoms with Crippen LogP contribution in [0.25, 0.3) is 0 Å². The zero-order chi connectivity index (χ0) is 8.98. The lowest BCUT2D eigenvalue weighted by atomic mass is 9.69. The number of hydrogen-bond donors (Lipinski definition) is 0. The Morgan fingerprint density at radius 2 is 2.25 bits per heavy atom. The third-order valence-electron chi connectivity index (χ3n) is 4.17. The molecule has 0 aromatic carbocycles. The summed E-state index contributed by atoms with van der Waals surface area (Å²) in [6.45, 7) is 8.55. The molecule has 2 aliphatic rings. The van der Waals surface area contributed by atoms with Crippen molar-refractivity contribution in [1.29, 1.82) is 0 Å². The molecule has 2 atom stereocenters. The molecule has 2 saturated carbocycles. The van der Waals surface area contributed by atoms with Crippen LogP contribution in [0.2, 0.25) is 0 Å². The van der Waals surface area contributed by atoms with Crippen molar-refractivity contribution in [1.82, 2.24) is 0 Å². The van der Waals surface area contributed by atoms with Crippen LogP contribution < -0.4 is 0 Å². The highest BCUT2D eigenvalue weighted by atomic mass is 16.1. The Hall–Kier alpha value is -0.590. The van der Waals surface area contributed by atoms with Crippen molar-refractivity contribution in [3.05, 3.63) is 12.2 Å². The first-order valence-corrected chi connectivity index (χ1v) is 4.69. The fraction of sp³-hybridized carbons (Fsp3) is 0.727. The van der Waals surface area contributed by atoms with Crippen LogP contribution in [0.5, 0.6) is 0 Å². The first-order valence-electron chi connectivity index (χ1n) is 4.69. The summed E-state index contributed by atoms with van der Waals surface area (Å²) in [4.78, 5) is 11.0. The molecule has 0 aromatic heterocycles. The fourth-order valence-corrected chi connectivity index (χ4v) is 3.03.